The summed E-state index contributed by atoms with van der Waals surface area (Å²) in [7, 11) is 0. The van der Waals surface area contributed by atoms with Crippen LogP contribution in [0.25, 0.3) is 0 Å². The molecule has 3 nitrogen and oxygen atoms in total. The average Bonchev–Trinajstić information content (AvgIpc) is 2.27. The monoisotopic (exact) mass is 338 g/mol. The lowest BCUT2D eigenvalue weighted by Gasteiger charge is -2.11. The largest absolute Gasteiger partial charge is 0.416 e. The van der Waals surface area contributed by atoms with Gasteiger partial charge in [-0.2, -0.15) is 13.2 Å². The number of hydrogen-bond donors (Lipinski definition) is 2. The number of hydrogen-bond acceptors (Lipinski definition) is 2. The molecule has 0 spiro atoms. The highest BCUT2D eigenvalue weighted by Gasteiger charge is 2.31. The van der Waals surface area contributed by atoms with Crippen LogP contribution in [0.15, 0.2) is 22.7 Å². The third-order valence-corrected chi connectivity index (χ3v) is 2.75. The molecular weight excluding hydrogens is 325 g/mol. The predicted molar refractivity (Wildman–Crippen MR) is 70.9 cm³/mol. The van der Waals surface area contributed by atoms with Gasteiger partial charge < -0.3 is 10.6 Å². The smallest absolute Gasteiger partial charge is 0.326 e. The molecule has 106 valence electrons. The molecule has 0 saturated carbocycles. The van der Waals surface area contributed by atoms with Crippen molar-refractivity contribution in [1.29, 1.82) is 0 Å². The molecule has 0 unspecified atom stereocenters. The van der Waals surface area contributed by atoms with Crippen molar-refractivity contribution < 1.29 is 18.0 Å². The van der Waals surface area contributed by atoms with Crippen molar-refractivity contribution >= 4 is 27.5 Å². The first-order valence-electron chi connectivity index (χ1n) is 5.71. The fraction of sp³-hybridized carbons (Fsp3) is 0.417. The number of nitrogens with one attached hydrogen (secondary N) is 2. The number of benzene rings is 1. The molecule has 0 aromatic heterocycles. The Morgan fingerprint density at radius 2 is 2.00 bits per heavy atom. The molecule has 2 N–H and O–H groups in total. The zero-order valence-corrected chi connectivity index (χ0v) is 11.9. The fourth-order valence-electron chi connectivity index (χ4n) is 1.43. The lowest BCUT2D eigenvalue weighted by Crippen LogP contribution is -2.21. The van der Waals surface area contributed by atoms with Crippen molar-refractivity contribution in [1.82, 2.24) is 5.32 Å². The van der Waals surface area contributed by atoms with Crippen LogP contribution in [0.5, 0.6) is 0 Å². The van der Waals surface area contributed by atoms with Gasteiger partial charge in [-0.25, -0.2) is 0 Å². The number of carbonyl (C=O) groups is 1. The molecule has 0 fully saturated rings. The third-order valence-electron chi connectivity index (χ3n) is 2.29. The van der Waals surface area contributed by atoms with Gasteiger partial charge in [-0.05, 0) is 24.7 Å². The van der Waals surface area contributed by atoms with Crippen molar-refractivity contribution in [2.24, 2.45) is 0 Å². The van der Waals surface area contributed by atoms with E-state index in [0.717, 1.165) is 18.7 Å². The molecule has 0 bridgehead atoms. The molecule has 0 aliphatic carbocycles. The average molecular weight is 339 g/mol. The normalized spacial score (nSPS) is 11.4. The minimum Gasteiger partial charge on any atom is -0.326 e. The summed E-state index contributed by atoms with van der Waals surface area (Å²) in [5, 5.41) is 5.41. The summed E-state index contributed by atoms with van der Waals surface area (Å²) in [4.78, 5) is 11.5. The maximum absolute atomic E-state index is 12.6. The molecule has 0 saturated heterocycles. The van der Waals surface area contributed by atoms with E-state index in [-0.39, 0.29) is 22.5 Å². The van der Waals surface area contributed by atoms with Gasteiger partial charge in [0.25, 0.3) is 0 Å². The molecule has 1 rings (SSSR count). The second kappa shape index (κ2) is 6.91. The van der Waals surface area contributed by atoms with E-state index < -0.39 is 11.7 Å². The second-order valence-electron chi connectivity index (χ2n) is 3.88. The Balaban J connectivity index is 2.73. The summed E-state index contributed by atoms with van der Waals surface area (Å²) < 4.78 is 38.0. The van der Waals surface area contributed by atoms with Crippen molar-refractivity contribution in [3.8, 4) is 0 Å². The van der Waals surface area contributed by atoms with Crippen LogP contribution in [-0.2, 0) is 11.0 Å². The van der Waals surface area contributed by atoms with Gasteiger partial charge in [0.05, 0.1) is 5.56 Å². The molecule has 19 heavy (non-hydrogen) atoms. The summed E-state index contributed by atoms with van der Waals surface area (Å²) in [6.07, 6.45) is -4.23. The van der Waals surface area contributed by atoms with Crippen LogP contribution in [-0.4, -0.2) is 19.0 Å². The maximum Gasteiger partial charge on any atom is 0.416 e. The Kier molecular flexibility index (Phi) is 5.81. The van der Waals surface area contributed by atoms with Crippen LogP contribution >= 0.6 is 15.9 Å². The number of anilines is 1. The van der Waals surface area contributed by atoms with Gasteiger partial charge in [-0.3, -0.25) is 4.79 Å². The Bertz CT molecular complexity index is 449. The fourth-order valence-corrected chi connectivity index (χ4v) is 1.92. The molecular formula is C12H14BrF3N2O. The first kappa shape index (κ1) is 16.0. The Labute approximate surface area is 117 Å². The first-order chi connectivity index (χ1) is 8.82. The van der Waals surface area contributed by atoms with E-state index in [1.807, 2.05) is 6.92 Å². The Hall–Kier alpha value is -1.08. The zero-order valence-electron chi connectivity index (χ0n) is 10.3. The quantitative estimate of drug-likeness (QED) is 0.808. The topological polar surface area (TPSA) is 41.1 Å². The van der Waals surface area contributed by atoms with Crippen LogP contribution in [0.1, 0.15) is 18.9 Å². The van der Waals surface area contributed by atoms with Crippen molar-refractivity contribution in [3.63, 3.8) is 0 Å². The van der Waals surface area contributed by atoms with Crippen molar-refractivity contribution in [3.05, 3.63) is 28.2 Å². The molecule has 1 aromatic rings. The molecule has 0 heterocycles. The van der Waals surface area contributed by atoms with Gasteiger partial charge in [0, 0.05) is 23.1 Å². The first-order valence-corrected chi connectivity index (χ1v) is 6.50. The molecule has 0 aliphatic rings. The van der Waals surface area contributed by atoms with Crippen LogP contribution in [0.3, 0.4) is 0 Å². The maximum atomic E-state index is 12.6. The highest BCUT2D eigenvalue weighted by molar-refractivity contribution is 9.10. The van der Waals surface area contributed by atoms with E-state index in [0.29, 0.717) is 6.54 Å². The molecule has 0 aliphatic heterocycles. The second-order valence-corrected chi connectivity index (χ2v) is 4.79. The summed E-state index contributed by atoms with van der Waals surface area (Å²) in [6.45, 7) is 3.13. The molecule has 0 atom stereocenters. The van der Waals surface area contributed by atoms with E-state index in [1.54, 1.807) is 0 Å². The standard InChI is InChI=1S/C12H14BrF3N2O/c1-2-17-4-3-11(19)18-10-6-8(12(14,15)16)5-9(13)7-10/h5-7,17H,2-4H2,1H3,(H,18,19). The minimum atomic E-state index is -4.44. The van der Waals surface area contributed by atoms with Crippen LogP contribution in [0, 0.1) is 0 Å². The van der Waals surface area contributed by atoms with Crippen LogP contribution in [0.4, 0.5) is 18.9 Å². The summed E-state index contributed by atoms with van der Waals surface area (Å²) >= 11 is 3.00. The Morgan fingerprint density at radius 3 is 2.58 bits per heavy atom. The highest BCUT2D eigenvalue weighted by Crippen LogP contribution is 2.33. The van der Waals surface area contributed by atoms with E-state index in [4.69, 9.17) is 0 Å². The van der Waals surface area contributed by atoms with Gasteiger partial charge in [0.1, 0.15) is 0 Å². The molecule has 0 radical (unpaired) electrons. The van der Waals surface area contributed by atoms with Gasteiger partial charge >= 0.3 is 6.18 Å². The summed E-state index contributed by atoms with van der Waals surface area (Å²) in [5.41, 5.74) is -0.674. The van der Waals surface area contributed by atoms with E-state index >= 15 is 0 Å². The number of carbonyl (C=O) groups excluding carboxylic acids is 1. The summed E-state index contributed by atoms with van der Waals surface area (Å²) in [5.74, 6) is -0.327. The van der Waals surface area contributed by atoms with Crippen molar-refractivity contribution in [2.45, 2.75) is 19.5 Å². The third kappa shape index (κ3) is 5.61. The predicted octanol–water partition coefficient (Wildman–Crippen LogP) is 3.41. The Morgan fingerprint density at radius 1 is 1.32 bits per heavy atom. The van der Waals surface area contributed by atoms with Crippen LogP contribution < -0.4 is 10.6 Å². The molecule has 1 amide bonds. The van der Waals surface area contributed by atoms with Crippen LogP contribution in [0.2, 0.25) is 0 Å². The minimum absolute atomic E-state index is 0.128. The highest BCUT2D eigenvalue weighted by atomic mass is 79.9. The van der Waals surface area contributed by atoms with E-state index in [1.165, 1.54) is 6.07 Å². The van der Waals surface area contributed by atoms with E-state index in [9.17, 15) is 18.0 Å². The summed E-state index contributed by atoms with van der Waals surface area (Å²) in [6, 6.07) is 3.31. The van der Waals surface area contributed by atoms with E-state index in [2.05, 4.69) is 26.6 Å². The van der Waals surface area contributed by atoms with Gasteiger partial charge in [0.15, 0.2) is 0 Å². The lowest BCUT2D eigenvalue weighted by atomic mass is 10.2. The number of rotatable bonds is 5. The number of halogens is 4. The number of amides is 1. The lowest BCUT2D eigenvalue weighted by molar-refractivity contribution is -0.137. The zero-order chi connectivity index (χ0) is 14.5. The van der Waals surface area contributed by atoms with Gasteiger partial charge in [-0.1, -0.05) is 22.9 Å². The SMILES string of the molecule is CCNCCC(=O)Nc1cc(Br)cc(C(F)(F)F)c1. The van der Waals surface area contributed by atoms with Crippen molar-refractivity contribution in [2.75, 3.05) is 18.4 Å². The van der Waals surface area contributed by atoms with Gasteiger partial charge in [-0.15, -0.1) is 0 Å². The molecule has 7 heteroatoms. The van der Waals surface area contributed by atoms with Gasteiger partial charge in [0.2, 0.25) is 5.91 Å². The molecule has 1 aromatic carbocycles. The number of alkyl halides is 3.